The first-order valence-corrected chi connectivity index (χ1v) is 9.33. The van der Waals surface area contributed by atoms with Crippen molar-refractivity contribution in [2.24, 2.45) is 4.99 Å². The van der Waals surface area contributed by atoms with Gasteiger partial charge in [-0.05, 0) is 50.4 Å². The average molecular weight is 350 g/mol. The molecule has 1 aromatic rings. The SMILES string of the molecule is CCCN1CCC(NC(=NCC(O)c2ccc(F)cc2)NCC)CC1. The van der Waals surface area contributed by atoms with E-state index in [0.717, 1.165) is 38.4 Å². The molecule has 1 aromatic carbocycles. The van der Waals surface area contributed by atoms with E-state index >= 15 is 0 Å². The zero-order valence-corrected chi connectivity index (χ0v) is 15.3. The molecular formula is C19H31FN4O. The number of benzene rings is 1. The van der Waals surface area contributed by atoms with Gasteiger partial charge in [-0.25, -0.2) is 4.39 Å². The van der Waals surface area contributed by atoms with E-state index in [1.165, 1.54) is 25.1 Å². The Bertz CT molecular complexity index is 527. The molecular weight excluding hydrogens is 319 g/mol. The highest BCUT2D eigenvalue weighted by atomic mass is 19.1. The van der Waals surface area contributed by atoms with Gasteiger partial charge in [0.25, 0.3) is 0 Å². The van der Waals surface area contributed by atoms with Gasteiger partial charge in [-0.2, -0.15) is 0 Å². The van der Waals surface area contributed by atoms with Crippen LogP contribution in [-0.2, 0) is 0 Å². The largest absolute Gasteiger partial charge is 0.386 e. The minimum Gasteiger partial charge on any atom is -0.386 e. The number of hydrogen-bond acceptors (Lipinski definition) is 3. The summed E-state index contributed by atoms with van der Waals surface area (Å²) in [6.07, 6.45) is 2.67. The predicted molar refractivity (Wildman–Crippen MR) is 100 cm³/mol. The third-order valence-electron chi connectivity index (χ3n) is 4.49. The Balaban J connectivity index is 1.86. The second kappa shape index (κ2) is 10.4. The molecule has 0 saturated carbocycles. The van der Waals surface area contributed by atoms with Crippen LogP contribution in [0.2, 0.25) is 0 Å². The van der Waals surface area contributed by atoms with Gasteiger partial charge < -0.3 is 20.6 Å². The summed E-state index contributed by atoms with van der Waals surface area (Å²) in [6, 6.07) is 6.32. The highest BCUT2D eigenvalue weighted by Crippen LogP contribution is 2.14. The molecule has 1 unspecified atom stereocenters. The van der Waals surface area contributed by atoms with E-state index in [0.29, 0.717) is 11.6 Å². The summed E-state index contributed by atoms with van der Waals surface area (Å²) in [7, 11) is 0. The third-order valence-corrected chi connectivity index (χ3v) is 4.49. The van der Waals surface area contributed by atoms with Crippen LogP contribution in [0.25, 0.3) is 0 Å². The standard InChI is InChI=1S/C19H31FN4O/c1-3-11-24-12-9-17(10-13-24)23-19(21-4-2)22-14-18(25)15-5-7-16(20)8-6-15/h5-8,17-18,25H,3-4,9-14H2,1-2H3,(H2,21,22,23). The molecule has 0 aliphatic carbocycles. The first-order valence-electron chi connectivity index (χ1n) is 9.33. The van der Waals surface area contributed by atoms with E-state index in [9.17, 15) is 9.50 Å². The van der Waals surface area contributed by atoms with E-state index in [2.05, 4.69) is 27.4 Å². The molecule has 5 nitrogen and oxygen atoms in total. The molecule has 0 amide bonds. The first-order chi connectivity index (χ1) is 12.1. The van der Waals surface area contributed by atoms with Crippen LogP contribution in [0.4, 0.5) is 4.39 Å². The van der Waals surface area contributed by atoms with E-state index in [-0.39, 0.29) is 12.4 Å². The fourth-order valence-electron chi connectivity index (χ4n) is 3.10. The maximum Gasteiger partial charge on any atom is 0.191 e. The van der Waals surface area contributed by atoms with Gasteiger partial charge in [-0.15, -0.1) is 0 Å². The predicted octanol–water partition coefficient (Wildman–Crippen LogP) is 2.29. The molecule has 0 aromatic heterocycles. The highest BCUT2D eigenvalue weighted by molar-refractivity contribution is 5.80. The lowest BCUT2D eigenvalue weighted by Gasteiger charge is -2.32. The molecule has 2 rings (SSSR count). The number of piperidine rings is 1. The Morgan fingerprint density at radius 1 is 1.28 bits per heavy atom. The van der Waals surface area contributed by atoms with Crippen LogP contribution in [0.5, 0.6) is 0 Å². The Kier molecular flexibility index (Phi) is 8.15. The van der Waals surface area contributed by atoms with E-state index < -0.39 is 6.10 Å². The Hall–Kier alpha value is -1.66. The van der Waals surface area contributed by atoms with Crippen molar-refractivity contribution in [1.29, 1.82) is 0 Å². The summed E-state index contributed by atoms with van der Waals surface area (Å²) < 4.78 is 13.0. The zero-order chi connectivity index (χ0) is 18.1. The molecule has 1 atom stereocenters. The van der Waals surface area contributed by atoms with Crippen molar-refractivity contribution in [2.75, 3.05) is 32.7 Å². The second-order valence-corrected chi connectivity index (χ2v) is 6.55. The van der Waals surface area contributed by atoms with Crippen LogP contribution in [-0.4, -0.2) is 54.7 Å². The molecule has 1 saturated heterocycles. The normalized spacial score (nSPS) is 18.2. The zero-order valence-electron chi connectivity index (χ0n) is 15.3. The minimum atomic E-state index is -0.734. The van der Waals surface area contributed by atoms with E-state index in [1.807, 2.05) is 6.92 Å². The van der Waals surface area contributed by atoms with Crippen LogP contribution in [0.3, 0.4) is 0 Å². The Morgan fingerprint density at radius 2 is 1.96 bits per heavy atom. The van der Waals surface area contributed by atoms with Crippen molar-refractivity contribution in [3.8, 4) is 0 Å². The monoisotopic (exact) mass is 350 g/mol. The van der Waals surface area contributed by atoms with Crippen LogP contribution >= 0.6 is 0 Å². The number of aliphatic imine (C=N–C) groups is 1. The summed E-state index contributed by atoms with van der Waals surface area (Å²) in [5.74, 6) is 0.432. The molecule has 1 aliphatic heterocycles. The van der Waals surface area contributed by atoms with Crippen molar-refractivity contribution >= 4 is 5.96 Å². The molecule has 25 heavy (non-hydrogen) atoms. The number of aliphatic hydroxyl groups is 1. The molecule has 0 bridgehead atoms. The van der Waals surface area contributed by atoms with Crippen molar-refractivity contribution in [2.45, 2.75) is 45.3 Å². The van der Waals surface area contributed by atoms with Gasteiger partial charge in [0.1, 0.15) is 5.82 Å². The molecule has 140 valence electrons. The summed E-state index contributed by atoms with van der Waals surface area (Å²) >= 11 is 0. The maximum absolute atomic E-state index is 13.0. The Morgan fingerprint density at radius 3 is 2.56 bits per heavy atom. The second-order valence-electron chi connectivity index (χ2n) is 6.55. The summed E-state index contributed by atoms with van der Waals surface area (Å²) in [6.45, 7) is 8.66. The minimum absolute atomic E-state index is 0.246. The smallest absolute Gasteiger partial charge is 0.191 e. The van der Waals surface area contributed by atoms with Crippen molar-refractivity contribution < 1.29 is 9.50 Å². The maximum atomic E-state index is 13.0. The molecule has 3 N–H and O–H groups in total. The first kappa shape index (κ1) is 19.7. The van der Waals surface area contributed by atoms with Crippen LogP contribution < -0.4 is 10.6 Å². The number of nitrogens with zero attached hydrogens (tertiary/aromatic N) is 2. The van der Waals surface area contributed by atoms with E-state index in [1.54, 1.807) is 12.1 Å². The number of likely N-dealkylation sites (tertiary alicyclic amines) is 1. The van der Waals surface area contributed by atoms with Crippen molar-refractivity contribution in [1.82, 2.24) is 15.5 Å². The van der Waals surface area contributed by atoms with Gasteiger partial charge in [0.05, 0.1) is 12.6 Å². The van der Waals surface area contributed by atoms with Crippen LogP contribution in [0, 0.1) is 5.82 Å². The fraction of sp³-hybridized carbons (Fsp3) is 0.632. The lowest BCUT2D eigenvalue weighted by Crippen LogP contribution is -2.48. The quantitative estimate of drug-likeness (QED) is 0.522. The van der Waals surface area contributed by atoms with Gasteiger partial charge >= 0.3 is 0 Å². The molecule has 1 aliphatic rings. The van der Waals surface area contributed by atoms with Gasteiger partial charge in [0, 0.05) is 25.7 Å². The van der Waals surface area contributed by atoms with Crippen molar-refractivity contribution in [3.05, 3.63) is 35.6 Å². The number of nitrogens with one attached hydrogen (secondary N) is 2. The van der Waals surface area contributed by atoms with Crippen LogP contribution in [0.1, 0.15) is 44.8 Å². The number of guanidine groups is 1. The summed E-state index contributed by atoms with van der Waals surface area (Å²) in [5.41, 5.74) is 0.675. The number of aliphatic hydroxyl groups excluding tert-OH is 1. The van der Waals surface area contributed by atoms with E-state index in [4.69, 9.17) is 0 Å². The number of halogens is 1. The van der Waals surface area contributed by atoms with Gasteiger partial charge in [-0.1, -0.05) is 19.1 Å². The third kappa shape index (κ3) is 6.63. The molecule has 0 spiro atoms. The Labute approximate surface area is 150 Å². The summed E-state index contributed by atoms with van der Waals surface area (Å²) in [4.78, 5) is 7.00. The lowest BCUT2D eigenvalue weighted by atomic mass is 10.1. The van der Waals surface area contributed by atoms with Crippen LogP contribution in [0.15, 0.2) is 29.3 Å². The van der Waals surface area contributed by atoms with Gasteiger partial charge in [-0.3, -0.25) is 4.99 Å². The molecule has 6 heteroatoms. The molecule has 1 fully saturated rings. The van der Waals surface area contributed by atoms with Crippen molar-refractivity contribution in [3.63, 3.8) is 0 Å². The topological polar surface area (TPSA) is 59.9 Å². The summed E-state index contributed by atoms with van der Waals surface area (Å²) in [5, 5.41) is 16.9. The number of rotatable bonds is 7. The molecule has 1 heterocycles. The average Bonchev–Trinajstić information content (AvgIpc) is 2.62. The lowest BCUT2D eigenvalue weighted by molar-refractivity contribution is 0.186. The van der Waals surface area contributed by atoms with Gasteiger partial charge in [0.15, 0.2) is 5.96 Å². The number of hydrogen-bond donors (Lipinski definition) is 3. The fourth-order valence-corrected chi connectivity index (χ4v) is 3.10. The molecule has 0 radical (unpaired) electrons. The van der Waals surface area contributed by atoms with Gasteiger partial charge in [0.2, 0.25) is 0 Å². The highest BCUT2D eigenvalue weighted by Gasteiger charge is 2.19.